The Morgan fingerprint density at radius 2 is 1.91 bits per heavy atom. The lowest BCUT2D eigenvalue weighted by atomic mass is 9.98. The molecule has 0 unspecified atom stereocenters. The third-order valence-electron chi connectivity index (χ3n) is 3.98. The first-order valence-electron chi connectivity index (χ1n) is 7.78. The van der Waals surface area contributed by atoms with Gasteiger partial charge in [-0.3, -0.25) is 4.79 Å². The first kappa shape index (κ1) is 18.3. The van der Waals surface area contributed by atoms with Crippen molar-refractivity contribution >= 4 is 27.7 Å². The molecule has 0 atom stereocenters. The minimum absolute atomic E-state index is 0.0523. The summed E-state index contributed by atoms with van der Waals surface area (Å²) in [6, 6.07) is 10.1. The Morgan fingerprint density at radius 3 is 2.52 bits per heavy atom. The number of nitrogens with one attached hydrogen (secondary N) is 1. The zero-order chi connectivity index (χ0) is 16.7. The molecule has 0 aromatic heterocycles. The second-order valence-corrected chi connectivity index (χ2v) is 8.86. The number of amides is 1. The highest BCUT2D eigenvalue weighted by molar-refractivity contribution is 7.99. The topological polar surface area (TPSA) is 66.5 Å². The smallest absolute Gasteiger partial charge is 0.230 e. The average Bonchev–Trinajstić information content (AvgIpc) is 2.53. The standard InChI is InChI=1S/C16H24N2O3S2/c1-23(20,21)18-9-7-14(8-10-18)11-17-16(19)13-22-12-15-5-3-2-4-6-15/h2-6,14H,7-13H2,1H3,(H,17,19). The maximum Gasteiger partial charge on any atom is 0.230 e. The van der Waals surface area contributed by atoms with E-state index in [4.69, 9.17) is 0 Å². The van der Waals surface area contributed by atoms with Crippen molar-refractivity contribution in [2.45, 2.75) is 18.6 Å². The van der Waals surface area contributed by atoms with Crippen LogP contribution in [-0.2, 0) is 20.6 Å². The Labute approximate surface area is 142 Å². The zero-order valence-corrected chi connectivity index (χ0v) is 15.0. The number of benzene rings is 1. The fraction of sp³-hybridized carbons (Fsp3) is 0.562. The quantitative estimate of drug-likeness (QED) is 0.808. The molecular formula is C16H24N2O3S2. The van der Waals surface area contributed by atoms with Crippen LogP contribution in [0.3, 0.4) is 0 Å². The van der Waals surface area contributed by atoms with Crippen molar-refractivity contribution in [3.05, 3.63) is 35.9 Å². The molecule has 0 radical (unpaired) electrons. The minimum atomic E-state index is -3.08. The fourth-order valence-electron chi connectivity index (χ4n) is 2.59. The molecule has 2 rings (SSSR count). The molecule has 128 valence electrons. The summed E-state index contributed by atoms with van der Waals surface area (Å²) in [5, 5.41) is 2.96. The van der Waals surface area contributed by atoms with E-state index in [9.17, 15) is 13.2 Å². The number of hydrogen-bond donors (Lipinski definition) is 1. The summed E-state index contributed by atoms with van der Waals surface area (Å²) in [5.41, 5.74) is 1.22. The summed E-state index contributed by atoms with van der Waals surface area (Å²) in [5.74, 6) is 1.71. The molecule has 0 saturated carbocycles. The van der Waals surface area contributed by atoms with Gasteiger partial charge in [0.15, 0.2) is 0 Å². The van der Waals surface area contributed by atoms with E-state index in [0.29, 0.717) is 31.3 Å². The lowest BCUT2D eigenvalue weighted by Crippen LogP contribution is -2.41. The maximum absolute atomic E-state index is 11.9. The van der Waals surface area contributed by atoms with Crippen molar-refractivity contribution in [1.82, 2.24) is 9.62 Å². The van der Waals surface area contributed by atoms with Crippen molar-refractivity contribution in [3.63, 3.8) is 0 Å². The molecule has 7 heteroatoms. The minimum Gasteiger partial charge on any atom is -0.355 e. The van der Waals surface area contributed by atoms with E-state index < -0.39 is 10.0 Å². The van der Waals surface area contributed by atoms with Crippen molar-refractivity contribution in [3.8, 4) is 0 Å². The highest BCUT2D eigenvalue weighted by Gasteiger charge is 2.24. The van der Waals surface area contributed by atoms with Crippen LogP contribution in [0.4, 0.5) is 0 Å². The van der Waals surface area contributed by atoms with Gasteiger partial charge in [-0.25, -0.2) is 12.7 Å². The molecule has 0 bridgehead atoms. The van der Waals surface area contributed by atoms with E-state index in [1.54, 1.807) is 11.8 Å². The monoisotopic (exact) mass is 356 g/mol. The van der Waals surface area contributed by atoms with Gasteiger partial charge in [0.1, 0.15) is 0 Å². The Hall–Kier alpha value is -1.05. The van der Waals surface area contributed by atoms with E-state index in [1.807, 2.05) is 18.2 Å². The highest BCUT2D eigenvalue weighted by Crippen LogP contribution is 2.18. The maximum atomic E-state index is 11.9. The number of carbonyl (C=O) groups excluding carboxylic acids is 1. The Morgan fingerprint density at radius 1 is 1.26 bits per heavy atom. The van der Waals surface area contributed by atoms with Gasteiger partial charge in [0.2, 0.25) is 15.9 Å². The molecule has 0 aliphatic carbocycles. The lowest BCUT2D eigenvalue weighted by Gasteiger charge is -2.30. The van der Waals surface area contributed by atoms with Gasteiger partial charge in [0.05, 0.1) is 12.0 Å². The van der Waals surface area contributed by atoms with Crippen LogP contribution < -0.4 is 5.32 Å². The van der Waals surface area contributed by atoms with Crippen molar-refractivity contribution in [2.75, 3.05) is 31.6 Å². The molecule has 1 heterocycles. The molecule has 23 heavy (non-hydrogen) atoms. The van der Waals surface area contributed by atoms with Gasteiger partial charge in [-0.15, -0.1) is 11.8 Å². The summed E-state index contributed by atoms with van der Waals surface area (Å²) in [6.07, 6.45) is 2.87. The molecule has 1 amide bonds. The zero-order valence-electron chi connectivity index (χ0n) is 13.4. The van der Waals surface area contributed by atoms with Crippen LogP contribution in [0.25, 0.3) is 0 Å². The van der Waals surface area contributed by atoms with Gasteiger partial charge in [0.25, 0.3) is 0 Å². The van der Waals surface area contributed by atoms with E-state index in [2.05, 4.69) is 17.4 Å². The summed E-state index contributed by atoms with van der Waals surface area (Å²) < 4.78 is 24.4. The molecule has 1 aliphatic rings. The molecule has 1 aromatic carbocycles. The number of hydrogen-bond acceptors (Lipinski definition) is 4. The van der Waals surface area contributed by atoms with Gasteiger partial charge in [-0.1, -0.05) is 30.3 Å². The van der Waals surface area contributed by atoms with Gasteiger partial charge in [-0.2, -0.15) is 0 Å². The van der Waals surface area contributed by atoms with E-state index in [1.165, 1.54) is 16.1 Å². The number of rotatable bonds is 7. The van der Waals surface area contributed by atoms with E-state index in [0.717, 1.165) is 18.6 Å². The van der Waals surface area contributed by atoms with Crippen LogP contribution in [0.15, 0.2) is 30.3 Å². The average molecular weight is 357 g/mol. The molecule has 5 nitrogen and oxygen atoms in total. The van der Waals surface area contributed by atoms with Gasteiger partial charge >= 0.3 is 0 Å². The molecule has 1 aliphatic heterocycles. The molecule has 1 N–H and O–H groups in total. The summed E-state index contributed by atoms with van der Waals surface area (Å²) in [7, 11) is -3.08. The molecule has 0 spiro atoms. The SMILES string of the molecule is CS(=O)(=O)N1CCC(CNC(=O)CSCc2ccccc2)CC1. The van der Waals surface area contributed by atoms with Crippen molar-refractivity contribution in [1.29, 1.82) is 0 Å². The number of sulfonamides is 1. The molecular weight excluding hydrogens is 332 g/mol. The summed E-state index contributed by atoms with van der Waals surface area (Å²) in [6.45, 7) is 1.76. The van der Waals surface area contributed by atoms with Gasteiger partial charge < -0.3 is 5.32 Å². The number of piperidine rings is 1. The fourth-order valence-corrected chi connectivity index (χ4v) is 4.28. The van der Waals surface area contributed by atoms with Gasteiger partial charge in [0, 0.05) is 25.4 Å². The summed E-state index contributed by atoms with van der Waals surface area (Å²) in [4.78, 5) is 11.9. The molecule has 1 fully saturated rings. The largest absolute Gasteiger partial charge is 0.355 e. The summed E-state index contributed by atoms with van der Waals surface area (Å²) >= 11 is 1.61. The normalized spacial score (nSPS) is 17.1. The highest BCUT2D eigenvalue weighted by atomic mass is 32.2. The Bertz CT molecular complexity index is 597. The van der Waals surface area contributed by atoms with Crippen LogP contribution in [-0.4, -0.2) is 50.3 Å². The van der Waals surface area contributed by atoms with Crippen LogP contribution in [0, 0.1) is 5.92 Å². The second kappa shape index (κ2) is 8.70. The van der Waals surface area contributed by atoms with Crippen LogP contribution in [0.1, 0.15) is 18.4 Å². The predicted octanol–water partition coefficient (Wildman–Crippen LogP) is 1.71. The van der Waals surface area contributed by atoms with Crippen LogP contribution >= 0.6 is 11.8 Å². The Balaban J connectivity index is 1.60. The Kier molecular flexibility index (Phi) is 6.92. The van der Waals surface area contributed by atoms with Gasteiger partial charge in [-0.05, 0) is 24.3 Å². The van der Waals surface area contributed by atoms with E-state index in [-0.39, 0.29) is 5.91 Å². The third kappa shape index (κ3) is 6.53. The van der Waals surface area contributed by atoms with Crippen LogP contribution in [0.5, 0.6) is 0 Å². The first-order chi connectivity index (χ1) is 10.9. The van der Waals surface area contributed by atoms with Crippen molar-refractivity contribution < 1.29 is 13.2 Å². The third-order valence-corrected chi connectivity index (χ3v) is 6.28. The number of carbonyl (C=O) groups is 1. The first-order valence-corrected chi connectivity index (χ1v) is 10.8. The number of nitrogens with zero attached hydrogens (tertiary/aromatic N) is 1. The van der Waals surface area contributed by atoms with Crippen LogP contribution in [0.2, 0.25) is 0 Å². The van der Waals surface area contributed by atoms with Crippen molar-refractivity contribution in [2.24, 2.45) is 5.92 Å². The molecule has 1 saturated heterocycles. The number of thioether (sulfide) groups is 1. The predicted molar refractivity (Wildman–Crippen MR) is 94.8 cm³/mol. The van der Waals surface area contributed by atoms with E-state index >= 15 is 0 Å². The lowest BCUT2D eigenvalue weighted by molar-refractivity contribution is -0.118. The second-order valence-electron chi connectivity index (χ2n) is 5.89. The molecule has 1 aromatic rings.